The summed E-state index contributed by atoms with van der Waals surface area (Å²) in [6.45, 7) is 0. The van der Waals surface area contributed by atoms with Gasteiger partial charge in [0.1, 0.15) is 5.75 Å². The summed E-state index contributed by atoms with van der Waals surface area (Å²) in [6.07, 6.45) is 7.89. The van der Waals surface area contributed by atoms with E-state index >= 15 is 0 Å². The maximum atomic E-state index is 10.5. The lowest BCUT2D eigenvalue weighted by atomic mass is 10.1. The van der Waals surface area contributed by atoms with Gasteiger partial charge in [-0.2, -0.15) is 4.68 Å². The summed E-state index contributed by atoms with van der Waals surface area (Å²) in [5.74, 6) is 2.70. The van der Waals surface area contributed by atoms with Crippen LogP contribution in [0, 0.1) is 0 Å². The lowest BCUT2D eigenvalue weighted by molar-refractivity contribution is 0.476. The Labute approximate surface area is 150 Å². The second-order valence-corrected chi connectivity index (χ2v) is 6.46. The predicted octanol–water partition coefficient (Wildman–Crippen LogP) is 3.70. The molecule has 5 rings (SSSR count). The molecule has 26 heavy (non-hydrogen) atoms. The summed E-state index contributed by atoms with van der Waals surface area (Å²) in [7, 11) is 0. The van der Waals surface area contributed by atoms with Crippen LogP contribution >= 0.6 is 0 Å². The Morgan fingerprint density at radius 3 is 2.58 bits per heavy atom. The molecule has 1 aromatic carbocycles. The highest BCUT2D eigenvalue weighted by Gasteiger charge is 2.30. The summed E-state index contributed by atoms with van der Waals surface area (Å²) in [5, 5.41) is 15.2. The van der Waals surface area contributed by atoms with Gasteiger partial charge in [0.05, 0.1) is 5.56 Å². The average molecular weight is 343 g/mol. The molecule has 4 aromatic rings. The summed E-state index contributed by atoms with van der Waals surface area (Å²) in [4.78, 5) is 9.15. The number of aromatic hydroxyl groups is 1. The third-order valence-electron chi connectivity index (χ3n) is 4.56. The average Bonchev–Trinajstić information content (AvgIpc) is 3.20. The number of benzene rings is 1. The van der Waals surface area contributed by atoms with Crippen molar-refractivity contribution in [3.05, 3.63) is 72.9 Å². The van der Waals surface area contributed by atoms with E-state index in [0.717, 1.165) is 24.4 Å². The third kappa shape index (κ3) is 2.56. The standard InChI is InChI=1S/C20H17N5O/c26-17-9-8-15(24-11-3-4-12-24)13-16(17)20-22-19(14-6-7-14)23-25(20)18-5-1-2-10-21-18/h1-5,8-14,26H,6-7H2. The van der Waals surface area contributed by atoms with E-state index in [2.05, 4.69) is 10.1 Å². The Balaban J connectivity index is 1.69. The molecule has 1 fully saturated rings. The fraction of sp³-hybridized carbons (Fsp3) is 0.150. The molecule has 128 valence electrons. The maximum Gasteiger partial charge on any atom is 0.169 e. The molecular weight excluding hydrogens is 326 g/mol. The molecule has 0 amide bonds. The molecular formula is C20H17N5O. The number of hydrogen-bond donors (Lipinski definition) is 1. The van der Waals surface area contributed by atoms with Crippen molar-refractivity contribution < 1.29 is 5.11 Å². The minimum Gasteiger partial charge on any atom is -0.507 e. The second-order valence-electron chi connectivity index (χ2n) is 6.46. The van der Waals surface area contributed by atoms with Gasteiger partial charge in [0.15, 0.2) is 17.5 Å². The van der Waals surface area contributed by atoms with E-state index in [4.69, 9.17) is 4.98 Å². The second kappa shape index (κ2) is 5.84. The normalized spacial score (nSPS) is 13.8. The molecule has 0 saturated heterocycles. The van der Waals surface area contributed by atoms with E-state index in [1.807, 2.05) is 59.4 Å². The van der Waals surface area contributed by atoms with Crippen LogP contribution in [0.4, 0.5) is 0 Å². The van der Waals surface area contributed by atoms with Gasteiger partial charge in [-0.1, -0.05) is 6.07 Å². The SMILES string of the molecule is Oc1ccc(-n2cccc2)cc1-c1nc(C2CC2)nn1-c1ccccn1. The number of phenols is 1. The molecule has 0 unspecified atom stereocenters. The van der Waals surface area contributed by atoms with Crippen molar-refractivity contribution in [3.8, 4) is 28.6 Å². The highest BCUT2D eigenvalue weighted by molar-refractivity contribution is 5.68. The molecule has 0 spiro atoms. The van der Waals surface area contributed by atoms with E-state index < -0.39 is 0 Å². The van der Waals surface area contributed by atoms with Crippen LogP contribution in [0.25, 0.3) is 22.9 Å². The van der Waals surface area contributed by atoms with Crippen LogP contribution in [0.2, 0.25) is 0 Å². The number of rotatable bonds is 4. The van der Waals surface area contributed by atoms with Gasteiger partial charge < -0.3 is 9.67 Å². The minimum atomic E-state index is 0.174. The molecule has 0 atom stereocenters. The smallest absolute Gasteiger partial charge is 0.169 e. The topological polar surface area (TPSA) is 68.8 Å². The number of hydrogen-bond acceptors (Lipinski definition) is 4. The van der Waals surface area contributed by atoms with E-state index in [1.54, 1.807) is 16.9 Å². The van der Waals surface area contributed by atoms with Gasteiger partial charge in [-0.3, -0.25) is 0 Å². The first kappa shape index (κ1) is 14.9. The van der Waals surface area contributed by atoms with Crippen LogP contribution in [0.5, 0.6) is 5.75 Å². The molecule has 1 N–H and O–H groups in total. The van der Waals surface area contributed by atoms with E-state index in [0.29, 0.717) is 23.1 Å². The van der Waals surface area contributed by atoms with E-state index in [1.165, 1.54) is 0 Å². The van der Waals surface area contributed by atoms with Gasteiger partial charge in [-0.05, 0) is 55.3 Å². The molecule has 1 saturated carbocycles. The highest BCUT2D eigenvalue weighted by Crippen LogP contribution is 2.40. The number of nitrogens with zero attached hydrogens (tertiary/aromatic N) is 5. The van der Waals surface area contributed by atoms with Gasteiger partial charge in [0.2, 0.25) is 0 Å². The molecule has 6 heteroatoms. The van der Waals surface area contributed by atoms with Crippen LogP contribution in [0.3, 0.4) is 0 Å². The molecule has 1 aliphatic carbocycles. The first-order chi connectivity index (χ1) is 12.8. The maximum absolute atomic E-state index is 10.5. The Morgan fingerprint density at radius 2 is 1.85 bits per heavy atom. The Kier molecular flexibility index (Phi) is 3.35. The first-order valence-electron chi connectivity index (χ1n) is 8.65. The van der Waals surface area contributed by atoms with Crippen molar-refractivity contribution in [1.82, 2.24) is 24.3 Å². The van der Waals surface area contributed by atoms with Crippen molar-refractivity contribution in [1.29, 1.82) is 0 Å². The van der Waals surface area contributed by atoms with Gasteiger partial charge in [-0.25, -0.2) is 9.97 Å². The van der Waals surface area contributed by atoms with Crippen molar-refractivity contribution in [2.75, 3.05) is 0 Å². The molecule has 3 heterocycles. The van der Waals surface area contributed by atoms with Crippen molar-refractivity contribution in [2.45, 2.75) is 18.8 Å². The summed E-state index contributed by atoms with van der Waals surface area (Å²) in [5.41, 5.74) is 1.59. The molecule has 0 bridgehead atoms. The quantitative estimate of drug-likeness (QED) is 0.613. The first-order valence-corrected chi connectivity index (χ1v) is 8.65. The van der Waals surface area contributed by atoms with Crippen LogP contribution in [0.1, 0.15) is 24.6 Å². The van der Waals surface area contributed by atoms with Gasteiger partial charge in [-0.15, -0.1) is 5.10 Å². The van der Waals surface area contributed by atoms with Crippen LogP contribution in [-0.4, -0.2) is 29.4 Å². The molecule has 0 radical (unpaired) electrons. The zero-order valence-electron chi connectivity index (χ0n) is 14.0. The van der Waals surface area contributed by atoms with Crippen LogP contribution < -0.4 is 0 Å². The monoisotopic (exact) mass is 343 g/mol. The minimum absolute atomic E-state index is 0.174. The molecule has 1 aliphatic rings. The van der Waals surface area contributed by atoms with Gasteiger partial charge in [0.25, 0.3) is 0 Å². The van der Waals surface area contributed by atoms with Gasteiger partial charge in [0, 0.05) is 30.2 Å². The predicted molar refractivity (Wildman–Crippen MR) is 97.6 cm³/mol. The Bertz CT molecular complexity index is 1050. The largest absolute Gasteiger partial charge is 0.507 e. The van der Waals surface area contributed by atoms with E-state index in [9.17, 15) is 5.11 Å². The van der Waals surface area contributed by atoms with Crippen molar-refractivity contribution in [2.24, 2.45) is 0 Å². The van der Waals surface area contributed by atoms with Gasteiger partial charge >= 0.3 is 0 Å². The fourth-order valence-electron chi connectivity index (χ4n) is 3.03. The number of aromatic nitrogens is 5. The van der Waals surface area contributed by atoms with E-state index in [-0.39, 0.29) is 5.75 Å². The zero-order chi connectivity index (χ0) is 17.5. The van der Waals surface area contributed by atoms with Crippen molar-refractivity contribution >= 4 is 0 Å². The van der Waals surface area contributed by atoms with Crippen molar-refractivity contribution in [3.63, 3.8) is 0 Å². The van der Waals surface area contributed by atoms with Crippen LogP contribution in [0.15, 0.2) is 67.1 Å². The Morgan fingerprint density at radius 1 is 1.00 bits per heavy atom. The van der Waals surface area contributed by atoms with Crippen LogP contribution in [-0.2, 0) is 0 Å². The zero-order valence-corrected chi connectivity index (χ0v) is 14.0. The Hall–Kier alpha value is -3.41. The molecule has 0 aliphatic heterocycles. The highest BCUT2D eigenvalue weighted by atomic mass is 16.3. The number of phenolic OH excluding ortho intramolecular Hbond substituents is 1. The fourth-order valence-corrected chi connectivity index (χ4v) is 3.03. The molecule has 3 aromatic heterocycles. The summed E-state index contributed by atoms with van der Waals surface area (Å²) in [6, 6.07) is 15.1. The lowest BCUT2D eigenvalue weighted by Gasteiger charge is -2.09. The summed E-state index contributed by atoms with van der Waals surface area (Å²) < 4.78 is 3.72. The molecule has 6 nitrogen and oxygen atoms in total. The lowest BCUT2D eigenvalue weighted by Crippen LogP contribution is -2.02. The summed E-state index contributed by atoms with van der Waals surface area (Å²) >= 11 is 0. The third-order valence-corrected chi connectivity index (χ3v) is 4.56. The number of pyridine rings is 1.